The van der Waals surface area contributed by atoms with E-state index in [4.69, 9.17) is 4.42 Å². The summed E-state index contributed by atoms with van der Waals surface area (Å²) in [5.74, 6) is 0. The lowest BCUT2D eigenvalue weighted by molar-refractivity contribution is 0.670. The summed E-state index contributed by atoms with van der Waals surface area (Å²) in [4.78, 5) is 3.52. The fraction of sp³-hybridized carbons (Fsp3) is 0.111. The van der Waals surface area contributed by atoms with Crippen LogP contribution in [0.4, 0.5) is 0 Å². The first-order valence-corrected chi connectivity index (χ1v) is 7.14. The number of hydrogen-bond donors (Lipinski definition) is 1. The Hall–Kier alpha value is -2.68. The number of nitrogens with zero attached hydrogens (tertiary/aromatic N) is 1. The van der Waals surface area contributed by atoms with Gasteiger partial charge in [0.15, 0.2) is 5.58 Å². The van der Waals surface area contributed by atoms with Crippen LogP contribution in [0, 0.1) is 13.8 Å². The van der Waals surface area contributed by atoms with Crippen LogP contribution in [0.15, 0.2) is 46.9 Å². The highest BCUT2D eigenvalue weighted by Gasteiger charge is 2.16. The summed E-state index contributed by atoms with van der Waals surface area (Å²) in [6, 6.07) is 14.7. The number of fused-ring (bicyclic) bond motifs is 7. The first-order valence-electron chi connectivity index (χ1n) is 7.14. The van der Waals surface area contributed by atoms with Gasteiger partial charge in [0.2, 0.25) is 0 Å². The van der Waals surface area contributed by atoms with Gasteiger partial charge >= 0.3 is 0 Å². The van der Waals surface area contributed by atoms with E-state index in [1.54, 1.807) is 0 Å². The number of benzene rings is 2. The van der Waals surface area contributed by atoms with Crippen molar-refractivity contribution in [3.63, 3.8) is 0 Å². The highest BCUT2D eigenvalue weighted by Crippen LogP contribution is 2.34. The van der Waals surface area contributed by atoms with Crippen molar-refractivity contribution in [1.82, 2.24) is 9.38 Å². The van der Waals surface area contributed by atoms with Crippen molar-refractivity contribution < 1.29 is 4.42 Å². The third-order valence-corrected chi connectivity index (χ3v) is 4.28. The number of rotatable bonds is 0. The molecule has 3 heteroatoms. The van der Waals surface area contributed by atoms with Crippen LogP contribution in [0.25, 0.3) is 38.7 Å². The van der Waals surface area contributed by atoms with Crippen molar-refractivity contribution in [2.45, 2.75) is 13.8 Å². The van der Waals surface area contributed by atoms with Crippen molar-refractivity contribution in [3.05, 3.63) is 53.6 Å². The van der Waals surface area contributed by atoms with Crippen molar-refractivity contribution in [1.29, 1.82) is 0 Å². The second-order valence-electron chi connectivity index (χ2n) is 5.78. The SMILES string of the molecule is Cc1cc(C)c2[nH]c3cc4oc5ccccc5c4n3c2c1. The molecule has 0 atom stereocenters. The molecule has 102 valence electrons. The van der Waals surface area contributed by atoms with Crippen LogP contribution in [-0.4, -0.2) is 9.38 Å². The maximum Gasteiger partial charge on any atom is 0.155 e. The monoisotopic (exact) mass is 274 g/mol. The Balaban J connectivity index is 2.12. The molecule has 3 nitrogen and oxygen atoms in total. The number of para-hydroxylation sites is 1. The molecule has 3 aromatic heterocycles. The fourth-order valence-corrected chi connectivity index (χ4v) is 3.44. The molecule has 0 aliphatic carbocycles. The van der Waals surface area contributed by atoms with E-state index in [-0.39, 0.29) is 0 Å². The number of aromatic amines is 1. The molecule has 0 fully saturated rings. The average Bonchev–Trinajstić information content (AvgIpc) is 3.06. The minimum atomic E-state index is 0.934. The summed E-state index contributed by atoms with van der Waals surface area (Å²) in [6.07, 6.45) is 0. The molecular formula is C18H14N2O. The first kappa shape index (κ1) is 11.0. The largest absolute Gasteiger partial charge is 0.454 e. The number of aryl methyl sites for hydroxylation is 2. The van der Waals surface area contributed by atoms with Crippen molar-refractivity contribution in [3.8, 4) is 0 Å². The molecule has 5 rings (SSSR count). The standard InChI is InChI=1S/C18H14N2O/c1-10-7-11(2)17-13(8-10)20-16(19-17)9-15-18(20)12-5-3-4-6-14(12)21-15/h3-9,19H,1-2H3. The summed E-state index contributed by atoms with van der Waals surface area (Å²) in [7, 11) is 0. The normalized spacial score (nSPS) is 12.3. The molecule has 5 aromatic rings. The molecule has 0 radical (unpaired) electrons. The molecule has 0 aliphatic heterocycles. The molecule has 3 heterocycles. The Morgan fingerprint density at radius 1 is 1.00 bits per heavy atom. The topological polar surface area (TPSA) is 33.3 Å². The number of furan rings is 1. The zero-order valence-corrected chi connectivity index (χ0v) is 11.9. The highest BCUT2D eigenvalue weighted by molar-refractivity contribution is 6.07. The Labute approximate surface area is 120 Å². The lowest BCUT2D eigenvalue weighted by atomic mass is 10.1. The van der Waals surface area contributed by atoms with Crippen LogP contribution in [-0.2, 0) is 0 Å². The molecule has 2 aromatic carbocycles. The number of imidazole rings is 1. The maximum atomic E-state index is 5.96. The van der Waals surface area contributed by atoms with Crippen LogP contribution in [0.5, 0.6) is 0 Å². The van der Waals surface area contributed by atoms with Gasteiger partial charge in [-0.05, 0) is 43.2 Å². The van der Waals surface area contributed by atoms with E-state index in [9.17, 15) is 0 Å². The quantitative estimate of drug-likeness (QED) is 0.426. The van der Waals surface area contributed by atoms with Crippen molar-refractivity contribution >= 4 is 38.7 Å². The van der Waals surface area contributed by atoms with E-state index in [1.165, 1.54) is 22.2 Å². The van der Waals surface area contributed by atoms with Crippen molar-refractivity contribution in [2.75, 3.05) is 0 Å². The maximum absolute atomic E-state index is 5.96. The van der Waals surface area contributed by atoms with E-state index < -0.39 is 0 Å². The summed E-state index contributed by atoms with van der Waals surface area (Å²) < 4.78 is 8.24. The summed E-state index contributed by atoms with van der Waals surface area (Å²) in [5.41, 5.74) is 9.06. The molecule has 0 unspecified atom stereocenters. The molecule has 0 saturated carbocycles. The van der Waals surface area contributed by atoms with Gasteiger partial charge in [0, 0.05) is 11.5 Å². The van der Waals surface area contributed by atoms with E-state index in [0.29, 0.717) is 0 Å². The molecule has 0 spiro atoms. The summed E-state index contributed by atoms with van der Waals surface area (Å²) >= 11 is 0. The second-order valence-corrected chi connectivity index (χ2v) is 5.78. The van der Waals surface area contributed by atoms with E-state index >= 15 is 0 Å². The van der Waals surface area contributed by atoms with Crippen LogP contribution < -0.4 is 0 Å². The van der Waals surface area contributed by atoms with Gasteiger partial charge in [-0.15, -0.1) is 0 Å². The van der Waals surface area contributed by atoms with Gasteiger partial charge in [-0.25, -0.2) is 0 Å². The predicted molar refractivity (Wildman–Crippen MR) is 86.0 cm³/mol. The zero-order valence-electron chi connectivity index (χ0n) is 11.9. The molecule has 0 amide bonds. The van der Waals surface area contributed by atoms with E-state index in [1.807, 2.05) is 12.1 Å². The third-order valence-electron chi connectivity index (χ3n) is 4.28. The second kappa shape index (κ2) is 3.50. The molecular weight excluding hydrogens is 260 g/mol. The van der Waals surface area contributed by atoms with E-state index in [0.717, 1.165) is 27.7 Å². The van der Waals surface area contributed by atoms with E-state index in [2.05, 4.69) is 53.6 Å². The molecule has 21 heavy (non-hydrogen) atoms. The van der Waals surface area contributed by atoms with Crippen LogP contribution in [0.2, 0.25) is 0 Å². The summed E-state index contributed by atoms with van der Waals surface area (Å²) in [6.45, 7) is 4.29. The van der Waals surface area contributed by atoms with Gasteiger partial charge in [-0.3, -0.25) is 4.40 Å². The number of aromatic nitrogens is 2. The lowest BCUT2D eigenvalue weighted by Crippen LogP contribution is -1.83. The molecule has 0 bridgehead atoms. The van der Waals surface area contributed by atoms with Gasteiger partial charge in [-0.1, -0.05) is 18.2 Å². The predicted octanol–water partition coefficient (Wildman–Crippen LogP) is 4.94. The average molecular weight is 274 g/mol. The van der Waals surface area contributed by atoms with Gasteiger partial charge in [0.1, 0.15) is 16.7 Å². The number of hydrogen-bond acceptors (Lipinski definition) is 1. The number of nitrogens with one attached hydrogen (secondary N) is 1. The Kier molecular flexibility index (Phi) is 1.84. The van der Waals surface area contributed by atoms with Gasteiger partial charge in [0.05, 0.1) is 11.0 Å². The minimum absolute atomic E-state index is 0.934. The Bertz CT molecular complexity index is 1150. The van der Waals surface area contributed by atoms with Gasteiger partial charge in [0.25, 0.3) is 0 Å². The molecule has 0 saturated heterocycles. The smallest absolute Gasteiger partial charge is 0.155 e. The fourth-order valence-electron chi connectivity index (χ4n) is 3.44. The van der Waals surface area contributed by atoms with Crippen LogP contribution in [0.1, 0.15) is 11.1 Å². The van der Waals surface area contributed by atoms with Gasteiger partial charge < -0.3 is 9.40 Å². The molecule has 1 N–H and O–H groups in total. The third kappa shape index (κ3) is 1.28. The Morgan fingerprint density at radius 3 is 2.76 bits per heavy atom. The lowest BCUT2D eigenvalue weighted by Gasteiger charge is -1.99. The van der Waals surface area contributed by atoms with Gasteiger partial charge in [-0.2, -0.15) is 0 Å². The van der Waals surface area contributed by atoms with Crippen LogP contribution in [0.3, 0.4) is 0 Å². The van der Waals surface area contributed by atoms with Crippen LogP contribution >= 0.6 is 0 Å². The minimum Gasteiger partial charge on any atom is -0.454 e. The first-order chi connectivity index (χ1) is 10.2. The van der Waals surface area contributed by atoms with Crippen molar-refractivity contribution in [2.24, 2.45) is 0 Å². The Morgan fingerprint density at radius 2 is 1.86 bits per heavy atom. The molecule has 0 aliphatic rings. The zero-order chi connectivity index (χ0) is 14.1. The summed E-state index contributed by atoms with van der Waals surface area (Å²) in [5, 5.41) is 1.16. The highest BCUT2D eigenvalue weighted by atomic mass is 16.3. The number of H-pyrrole nitrogens is 1.